The van der Waals surface area contributed by atoms with Crippen LogP contribution in [0.5, 0.6) is 0 Å². The second-order valence-electron chi connectivity index (χ2n) is 6.78. The van der Waals surface area contributed by atoms with E-state index in [4.69, 9.17) is 5.73 Å². The molecule has 0 saturated carbocycles. The Morgan fingerprint density at radius 2 is 2.04 bits per heavy atom. The number of nitrogens with two attached hydrogens (primary N) is 1. The summed E-state index contributed by atoms with van der Waals surface area (Å²) in [6.45, 7) is 4.21. The minimum Gasteiger partial charge on any atom is -0.365 e. The summed E-state index contributed by atoms with van der Waals surface area (Å²) in [5.41, 5.74) is 8.17. The van der Waals surface area contributed by atoms with Gasteiger partial charge >= 0.3 is 0 Å². The lowest BCUT2D eigenvalue weighted by molar-refractivity contribution is -0.117. The number of anilines is 1. The highest BCUT2D eigenvalue weighted by Gasteiger charge is 2.28. The number of carbonyl (C=O) groups excluding carboxylic acids is 2. The van der Waals surface area contributed by atoms with Crippen LogP contribution in [0, 0.1) is 5.92 Å². The Bertz CT molecular complexity index is 782. The first-order valence-corrected chi connectivity index (χ1v) is 9.63. The molecule has 2 atom stereocenters. The maximum atomic E-state index is 12.8. The standard InChI is InChI=1S/C20H24N2O2S/c1-3-14(13-7-5-4-6-8-13)19(24)22-20-17(18(21)23)15-10-9-12(2)11-16(15)25-20/h4-8,12,14H,3,9-11H2,1-2H3,(H2,21,23)(H,22,24)/t12-,14+/m0/s1. The quantitative estimate of drug-likeness (QED) is 0.846. The van der Waals surface area contributed by atoms with Crippen LogP contribution in [0.4, 0.5) is 5.00 Å². The van der Waals surface area contributed by atoms with Crippen molar-refractivity contribution in [1.82, 2.24) is 0 Å². The molecule has 1 aromatic heterocycles. The van der Waals surface area contributed by atoms with E-state index in [2.05, 4.69) is 12.2 Å². The van der Waals surface area contributed by atoms with Gasteiger partial charge in [0.2, 0.25) is 5.91 Å². The molecule has 0 saturated heterocycles. The molecule has 0 aliphatic heterocycles. The summed E-state index contributed by atoms with van der Waals surface area (Å²) in [4.78, 5) is 26.0. The SMILES string of the molecule is CC[C@@H](C(=O)Nc1sc2c(c1C(N)=O)CC[C@H](C)C2)c1ccccc1. The molecule has 3 rings (SSSR count). The van der Waals surface area contributed by atoms with E-state index in [1.807, 2.05) is 37.3 Å². The lowest BCUT2D eigenvalue weighted by atomic mass is 9.88. The smallest absolute Gasteiger partial charge is 0.251 e. The number of nitrogens with one attached hydrogen (secondary N) is 1. The molecule has 25 heavy (non-hydrogen) atoms. The first-order chi connectivity index (χ1) is 12.0. The first kappa shape index (κ1) is 17.7. The summed E-state index contributed by atoms with van der Waals surface area (Å²) in [7, 11) is 0. The third-order valence-electron chi connectivity index (χ3n) is 4.92. The number of fused-ring (bicyclic) bond motifs is 1. The minimum atomic E-state index is -0.449. The lowest BCUT2D eigenvalue weighted by Gasteiger charge is -2.18. The van der Waals surface area contributed by atoms with Crippen LogP contribution in [0.1, 0.15) is 59.0 Å². The molecule has 2 amide bonds. The molecular weight excluding hydrogens is 332 g/mol. The van der Waals surface area contributed by atoms with E-state index in [9.17, 15) is 9.59 Å². The van der Waals surface area contributed by atoms with Gasteiger partial charge in [0.1, 0.15) is 5.00 Å². The fraction of sp³-hybridized carbons (Fsp3) is 0.400. The predicted octanol–water partition coefficient (Wildman–Crippen LogP) is 4.10. The summed E-state index contributed by atoms with van der Waals surface area (Å²) in [6.07, 6.45) is 3.56. The van der Waals surface area contributed by atoms with Crippen molar-refractivity contribution in [2.75, 3.05) is 5.32 Å². The van der Waals surface area contributed by atoms with Crippen molar-refractivity contribution in [3.8, 4) is 0 Å². The molecule has 1 aromatic carbocycles. The van der Waals surface area contributed by atoms with E-state index in [1.165, 1.54) is 16.2 Å². The van der Waals surface area contributed by atoms with E-state index in [0.29, 0.717) is 22.9 Å². The van der Waals surface area contributed by atoms with Gasteiger partial charge in [-0.15, -0.1) is 11.3 Å². The molecule has 1 aliphatic carbocycles. The fourth-order valence-electron chi connectivity index (χ4n) is 3.56. The van der Waals surface area contributed by atoms with Crippen LogP contribution in [-0.2, 0) is 17.6 Å². The summed E-state index contributed by atoms with van der Waals surface area (Å²) in [5.74, 6) is -0.166. The van der Waals surface area contributed by atoms with Crippen LogP contribution in [0.25, 0.3) is 0 Å². The van der Waals surface area contributed by atoms with E-state index in [1.54, 1.807) is 0 Å². The van der Waals surface area contributed by atoms with Crippen molar-refractivity contribution in [3.63, 3.8) is 0 Å². The van der Waals surface area contributed by atoms with Gasteiger partial charge in [0.05, 0.1) is 11.5 Å². The Hall–Kier alpha value is -2.14. The topological polar surface area (TPSA) is 72.2 Å². The third kappa shape index (κ3) is 3.61. The molecule has 0 unspecified atom stereocenters. The Labute approximate surface area is 152 Å². The van der Waals surface area contributed by atoms with Crippen molar-refractivity contribution < 1.29 is 9.59 Å². The third-order valence-corrected chi connectivity index (χ3v) is 6.09. The van der Waals surface area contributed by atoms with E-state index in [0.717, 1.165) is 30.4 Å². The van der Waals surface area contributed by atoms with Gasteiger partial charge in [-0.25, -0.2) is 0 Å². The number of amides is 2. The monoisotopic (exact) mass is 356 g/mol. The molecule has 0 radical (unpaired) electrons. The predicted molar refractivity (Wildman–Crippen MR) is 102 cm³/mol. The zero-order valence-corrected chi connectivity index (χ0v) is 15.5. The van der Waals surface area contributed by atoms with Crippen LogP contribution < -0.4 is 11.1 Å². The number of thiophene rings is 1. The average Bonchev–Trinajstić information content (AvgIpc) is 2.93. The summed E-state index contributed by atoms with van der Waals surface area (Å²) in [5, 5.41) is 3.61. The van der Waals surface area contributed by atoms with Gasteiger partial charge in [-0.3, -0.25) is 9.59 Å². The van der Waals surface area contributed by atoms with E-state index >= 15 is 0 Å². The van der Waals surface area contributed by atoms with Crippen molar-refractivity contribution in [1.29, 1.82) is 0 Å². The van der Waals surface area contributed by atoms with E-state index < -0.39 is 5.91 Å². The second-order valence-corrected chi connectivity index (χ2v) is 7.89. The molecule has 0 bridgehead atoms. The Kier molecular flexibility index (Phi) is 5.23. The van der Waals surface area contributed by atoms with Gasteiger partial charge < -0.3 is 11.1 Å². The van der Waals surface area contributed by atoms with Crippen molar-refractivity contribution in [3.05, 3.63) is 51.9 Å². The summed E-state index contributed by atoms with van der Waals surface area (Å²) in [6, 6.07) is 9.73. The summed E-state index contributed by atoms with van der Waals surface area (Å²) < 4.78 is 0. The molecule has 5 heteroatoms. The zero-order valence-electron chi connectivity index (χ0n) is 14.7. The highest BCUT2D eigenvalue weighted by molar-refractivity contribution is 7.17. The number of rotatable bonds is 5. The van der Waals surface area contributed by atoms with Gasteiger partial charge in [0.15, 0.2) is 0 Å². The Morgan fingerprint density at radius 1 is 1.32 bits per heavy atom. The maximum Gasteiger partial charge on any atom is 0.251 e. The molecule has 3 N–H and O–H groups in total. The van der Waals surface area contributed by atoms with Crippen molar-refractivity contribution in [2.45, 2.75) is 45.4 Å². The molecular formula is C20H24N2O2S. The van der Waals surface area contributed by atoms with Gasteiger partial charge in [-0.1, -0.05) is 44.2 Å². The van der Waals surface area contributed by atoms with Crippen molar-refractivity contribution >= 4 is 28.2 Å². The van der Waals surface area contributed by atoms with Crippen LogP contribution >= 0.6 is 11.3 Å². The number of carbonyl (C=O) groups is 2. The van der Waals surface area contributed by atoms with Gasteiger partial charge in [-0.05, 0) is 42.7 Å². The maximum absolute atomic E-state index is 12.8. The normalized spacial score (nSPS) is 17.6. The van der Waals surface area contributed by atoms with Crippen molar-refractivity contribution in [2.24, 2.45) is 11.7 Å². The van der Waals surface area contributed by atoms with Crippen LogP contribution in [0.2, 0.25) is 0 Å². The second kappa shape index (κ2) is 7.40. The molecule has 1 aliphatic rings. The van der Waals surface area contributed by atoms with Crippen LogP contribution in [-0.4, -0.2) is 11.8 Å². The number of hydrogen-bond donors (Lipinski definition) is 2. The Morgan fingerprint density at radius 3 is 2.68 bits per heavy atom. The fourth-order valence-corrected chi connectivity index (χ4v) is 4.98. The molecule has 1 heterocycles. The minimum absolute atomic E-state index is 0.0807. The van der Waals surface area contributed by atoms with Gasteiger partial charge in [-0.2, -0.15) is 0 Å². The summed E-state index contributed by atoms with van der Waals surface area (Å²) >= 11 is 1.51. The molecule has 0 fully saturated rings. The lowest BCUT2D eigenvalue weighted by Crippen LogP contribution is -2.23. The molecule has 132 valence electrons. The number of hydrogen-bond acceptors (Lipinski definition) is 3. The van der Waals surface area contributed by atoms with Crippen LogP contribution in [0.3, 0.4) is 0 Å². The largest absolute Gasteiger partial charge is 0.365 e. The first-order valence-electron chi connectivity index (χ1n) is 8.81. The molecule has 2 aromatic rings. The highest BCUT2D eigenvalue weighted by atomic mass is 32.1. The average molecular weight is 356 g/mol. The van der Waals surface area contributed by atoms with Gasteiger partial charge in [0.25, 0.3) is 5.91 Å². The van der Waals surface area contributed by atoms with Crippen LogP contribution in [0.15, 0.2) is 30.3 Å². The zero-order chi connectivity index (χ0) is 18.0. The highest BCUT2D eigenvalue weighted by Crippen LogP contribution is 2.40. The molecule has 4 nitrogen and oxygen atoms in total. The van der Waals surface area contributed by atoms with E-state index in [-0.39, 0.29) is 11.8 Å². The number of benzene rings is 1. The number of primary amides is 1. The van der Waals surface area contributed by atoms with Gasteiger partial charge in [0, 0.05) is 4.88 Å². The molecule has 0 spiro atoms. The Balaban J connectivity index is 1.89.